The molecule has 0 heterocycles. The number of carbonyl (C=O) groups excluding carboxylic acids is 1. The van der Waals surface area contributed by atoms with Crippen molar-refractivity contribution < 1.29 is 19.8 Å². The Morgan fingerprint density at radius 1 is 1.24 bits per heavy atom. The molecule has 2 atom stereocenters. The number of amides is 2. The Morgan fingerprint density at radius 3 is 2.33 bits per heavy atom. The lowest BCUT2D eigenvalue weighted by molar-refractivity contribution is -0.141. The number of aryl methyl sites for hydroxylation is 1. The van der Waals surface area contributed by atoms with Crippen LogP contribution in [0.2, 0.25) is 0 Å². The van der Waals surface area contributed by atoms with Crippen molar-refractivity contribution >= 4 is 17.7 Å². The van der Waals surface area contributed by atoms with Gasteiger partial charge in [0, 0.05) is 5.69 Å². The van der Waals surface area contributed by atoms with E-state index < -0.39 is 24.1 Å². The third kappa shape index (κ3) is 5.83. The molecule has 4 N–H and O–H groups in total. The number of hydrogen-bond donors (Lipinski definition) is 4. The zero-order valence-electron chi connectivity index (χ0n) is 12.3. The summed E-state index contributed by atoms with van der Waals surface area (Å²) in [5, 5.41) is 22.9. The van der Waals surface area contributed by atoms with E-state index in [9.17, 15) is 14.7 Å². The van der Waals surface area contributed by atoms with Gasteiger partial charge in [-0.25, -0.2) is 9.59 Å². The van der Waals surface area contributed by atoms with Crippen LogP contribution in [0.4, 0.5) is 10.5 Å². The van der Waals surface area contributed by atoms with Crippen LogP contribution in [-0.4, -0.2) is 34.4 Å². The fourth-order valence-electron chi connectivity index (χ4n) is 1.83. The average molecular weight is 294 g/mol. The fraction of sp³-hybridized carbons (Fsp3) is 0.467. The van der Waals surface area contributed by atoms with Gasteiger partial charge in [-0.05, 0) is 37.5 Å². The summed E-state index contributed by atoms with van der Waals surface area (Å²) >= 11 is 0. The van der Waals surface area contributed by atoms with Gasteiger partial charge in [-0.2, -0.15) is 0 Å². The zero-order chi connectivity index (χ0) is 15.8. The number of carboxylic acid groups (broad SMARTS) is 1. The van der Waals surface area contributed by atoms with Crippen molar-refractivity contribution in [1.82, 2.24) is 5.32 Å². The van der Waals surface area contributed by atoms with E-state index in [1.165, 1.54) is 12.5 Å². The van der Waals surface area contributed by atoms with Crippen LogP contribution < -0.4 is 10.6 Å². The molecule has 0 spiro atoms. The number of aliphatic carboxylic acids is 1. The smallest absolute Gasteiger partial charge is 0.328 e. The molecule has 2 amide bonds. The van der Waals surface area contributed by atoms with Crippen molar-refractivity contribution in [3.05, 3.63) is 29.8 Å². The maximum atomic E-state index is 11.7. The van der Waals surface area contributed by atoms with Gasteiger partial charge in [0.2, 0.25) is 0 Å². The van der Waals surface area contributed by atoms with Gasteiger partial charge >= 0.3 is 12.0 Å². The number of unbranched alkanes of at least 4 members (excludes halogenated alkanes) is 1. The Bertz CT molecular complexity index is 471. The summed E-state index contributed by atoms with van der Waals surface area (Å²) in [7, 11) is 0. The molecule has 116 valence electrons. The molecule has 6 heteroatoms. The lowest BCUT2D eigenvalue weighted by Gasteiger charge is -2.17. The van der Waals surface area contributed by atoms with Crippen LogP contribution in [0, 0.1) is 0 Å². The van der Waals surface area contributed by atoms with Crippen molar-refractivity contribution in [3.63, 3.8) is 0 Å². The molecular formula is C15H22N2O4. The summed E-state index contributed by atoms with van der Waals surface area (Å²) in [6.45, 7) is 3.43. The molecule has 0 aliphatic heterocycles. The van der Waals surface area contributed by atoms with E-state index in [1.54, 1.807) is 12.1 Å². The maximum absolute atomic E-state index is 11.7. The zero-order valence-corrected chi connectivity index (χ0v) is 12.3. The monoisotopic (exact) mass is 294 g/mol. The van der Waals surface area contributed by atoms with E-state index in [1.807, 2.05) is 12.1 Å². The highest BCUT2D eigenvalue weighted by atomic mass is 16.4. The SMILES string of the molecule is CCCCc1ccc(NC(=O)NC(C(=O)O)C(C)O)cc1. The first kappa shape index (κ1) is 17.0. The summed E-state index contributed by atoms with van der Waals surface area (Å²) in [6.07, 6.45) is 2.05. The van der Waals surface area contributed by atoms with Gasteiger partial charge in [-0.3, -0.25) is 0 Å². The third-order valence-electron chi connectivity index (χ3n) is 3.07. The minimum atomic E-state index is -1.34. The topological polar surface area (TPSA) is 98.7 Å². The molecule has 0 radical (unpaired) electrons. The average Bonchev–Trinajstić information content (AvgIpc) is 2.43. The highest BCUT2D eigenvalue weighted by molar-refractivity contribution is 5.92. The quantitative estimate of drug-likeness (QED) is 0.618. The molecule has 0 aliphatic carbocycles. The Kier molecular flexibility index (Phi) is 6.68. The molecule has 0 aliphatic rings. The van der Waals surface area contributed by atoms with Crippen molar-refractivity contribution in [2.45, 2.75) is 45.3 Å². The second-order valence-electron chi connectivity index (χ2n) is 4.96. The molecule has 0 bridgehead atoms. The number of rotatable bonds is 7. The van der Waals surface area contributed by atoms with Crippen molar-refractivity contribution in [2.24, 2.45) is 0 Å². The highest BCUT2D eigenvalue weighted by Gasteiger charge is 2.24. The molecule has 1 aromatic rings. The second kappa shape index (κ2) is 8.26. The standard InChI is InChI=1S/C15H22N2O4/c1-3-4-5-11-6-8-12(9-7-11)16-15(21)17-13(10(2)18)14(19)20/h6-10,13,18H,3-5H2,1-2H3,(H,19,20)(H2,16,17,21). The molecule has 2 unspecified atom stereocenters. The van der Waals surface area contributed by atoms with E-state index in [-0.39, 0.29) is 0 Å². The molecule has 1 aromatic carbocycles. The van der Waals surface area contributed by atoms with Crippen molar-refractivity contribution in [2.75, 3.05) is 5.32 Å². The van der Waals surface area contributed by atoms with E-state index in [0.717, 1.165) is 19.3 Å². The minimum absolute atomic E-state index is 0.572. The molecule has 0 aromatic heterocycles. The van der Waals surface area contributed by atoms with Crippen molar-refractivity contribution in [3.8, 4) is 0 Å². The second-order valence-corrected chi connectivity index (χ2v) is 4.96. The minimum Gasteiger partial charge on any atom is -0.480 e. The van der Waals surface area contributed by atoms with Gasteiger partial charge in [0.15, 0.2) is 6.04 Å². The lowest BCUT2D eigenvalue weighted by Crippen LogP contribution is -2.49. The summed E-state index contributed by atoms with van der Waals surface area (Å²) in [5.41, 5.74) is 1.76. The van der Waals surface area contributed by atoms with Crippen LogP contribution in [0.15, 0.2) is 24.3 Å². The molecule has 1 rings (SSSR count). The Labute approximate surface area is 124 Å². The van der Waals surface area contributed by atoms with Crippen LogP contribution in [0.5, 0.6) is 0 Å². The predicted molar refractivity (Wildman–Crippen MR) is 80.3 cm³/mol. The van der Waals surface area contributed by atoms with Gasteiger partial charge < -0.3 is 20.8 Å². The Morgan fingerprint density at radius 2 is 1.86 bits per heavy atom. The number of nitrogens with one attached hydrogen (secondary N) is 2. The van der Waals surface area contributed by atoms with Gasteiger partial charge in [0.1, 0.15) is 0 Å². The van der Waals surface area contributed by atoms with Crippen LogP contribution in [0.1, 0.15) is 32.3 Å². The van der Waals surface area contributed by atoms with E-state index in [4.69, 9.17) is 5.11 Å². The summed E-state index contributed by atoms with van der Waals surface area (Å²) in [6, 6.07) is 5.38. The highest BCUT2D eigenvalue weighted by Crippen LogP contribution is 2.11. The van der Waals surface area contributed by atoms with Gasteiger partial charge in [-0.15, -0.1) is 0 Å². The molecule has 21 heavy (non-hydrogen) atoms. The molecule has 0 saturated heterocycles. The first-order valence-electron chi connectivity index (χ1n) is 7.01. The third-order valence-corrected chi connectivity index (χ3v) is 3.07. The first-order valence-corrected chi connectivity index (χ1v) is 7.01. The Hall–Kier alpha value is -2.08. The number of carbonyl (C=O) groups is 2. The van der Waals surface area contributed by atoms with Crippen LogP contribution in [0.3, 0.4) is 0 Å². The maximum Gasteiger partial charge on any atom is 0.328 e. The number of anilines is 1. The number of carboxylic acids is 1. The van der Waals surface area contributed by atoms with Gasteiger partial charge in [-0.1, -0.05) is 25.5 Å². The van der Waals surface area contributed by atoms with Crippen molar-refractivity contribution in [1.29, 1.82) is 0 Å². The first-order chi connectivity index (χ1) is 9.93. The summed E-state index contributed by atoms with van der Waals surface area (Å²) < 4.78 is 0. The lowest BCUT2D eigenvalue weighted by atomic mass is 10.1. The fourth-order valence-corrected chi connectivity index (χ4v) is 1.83. The van der Waals surface area contributed by atoms with Crippen LogP contribution in [0.25, 0.3) is 0 Å². The van der Waals surface area contributed by atoms with Gasteiger partial charge in [0.05, 0.1) is 6.10 Å². The molecular weight excluding hydrogens is 272 g/mol. The van der Waals surface area contributed by atoms with Crippen LogP contribution >= 0.6 is 0 Å². The number of aliphatic hydroxyl groups excluding tert-OH is 1. The largest absolute Gasteiger partial charge is 0.480 e. The van der Waals surface area contributed by atoms with Crippen LogP contribution in [-0.2, 0) is 11.2 Å². The van der Waals surface area contributed by atoms with E-state index in [2.05, 4.69) is 17.6 Å². The van der Waals surface area contributed by atoms with Gasteiger partial charge in [0.25, 0.3) is 0 Å². The molecule has 6 nitrogen and oxygen atoms in total. The number of aliphatic hydroxyl groups is 1. The van der Waals surface area contributed by atoms with E-state index in [0.29, 0.717) is 5.69 Å². The summed E-state index contributed by atoms with van der Waals surface area (Å²) in [4.78, 5) is 22.6. The number of urea groups is 1. The molecule has 0 saturated carbocycles. The normalized spacial score (nSPS) is 13.3. The molecule has 0 fully saturated rings. The predicted octanol–water partition coefficient (Wildman–Crippen LogP) is 1.98. The number of benzene rings is 1. The summed E-state index contributed by atoms with van der Waals surface area (Å²) in [5.74, 6) is -1.28. The Balaban J connectivity index is 2.56. The number of hydrogen-bond acceptors (Lipinski definition) is 3. The van der Waals surface area contributed by atoms with E-state index >= 15 is 0 Å².